The minimum atomic E-state index is 1.15. The van der Waals surface area contributed by atoms with E-state index >= 15 is 0 Å². The smallest absolute Gasteiger partial charge is 0.0628 e. The van der Waals surface area contributed by atoms with E-state index in [0.29, 0.717) is 0 Å². The molecule has 2 nitrogen and oxygen atoms in total. The highest BCUT2D eigenvalue weighted by Gasteiger charge is 2.18. The molecule has 8 aromatic carbocycles. The van der Waals surface area contributed by atoms with Gasteiger partial charge in [-0.15, -0.1) is 11.3 Å². The van der Waals surface area contributed by atoms with Crippen molar-refractivity contribution in [2.24, 2.45) is 0 Å². The molecule has 0 amide bonds. The fraction of sp³-hybridized carbons (Fsp3) is 0. The van der Waals surface area contributed by atoms with Gasteiger partial charge in [0.05, 0.1) is 16.6 Å². The monoisotopic (exact) mass is 692 g/mol. The number of aromatic nitrogens is 2. The normalized spacial score (nSPS) is 11.8. The lowest BCUT2D eigenvalue weighted by Gasteiger charge is -2.11. The molecule has 53 heavy (non-hydrogen) atoms. The maximum absolute atomic E-state index is 2.42. The largest absolute Gasteiger partial charge is 0.316 e. The molecule has 0 atom stereocenters. The van der Waals surface area contributed by atoms with Gasteiger partial charge >= 0.3 is 0 Å². The van der Waals surface area contributed by atoms with Gasteiger partial charge in [-0.25, -0.2) is 0 Å². The highest BCUT2D eigenvalue weighted by atomic mass is 32.1. The summed E-state index contributed by atoms with van der Waals surface area (Å²) in [5, 5.41) is 6.39. The van der Waals surface area contributed by atoms with Crippen LogP contribution in [0.25, 0.3) is 97.6 Å². The molecule has 0 saturated carbocycles. The Hall–Kier alpha value is -6.68. The van der Waals surface area contributed by atoms with Crippen LogP contribution in [0.4, 0.5) is 0 Å². The summed E-state index contributed by atoms with van der Waals surface area (Å²) in [5.41, 5.74) is 13.5. The highest BCUT2D eigenvalue weighted by molar-refractivity contribution is 7.26. The van der Waals surface area contributed by atoms with Crippen molar-refractivity contribution in [1.82, 2.24) is 9.13 Å². The van der Waals surface area contributed by atoms with Gasteiger partial charge in [-0.05, 0) is 75.8 Å². The molecule has 11 aromatic rings. The molecule has 0 bridgehead atoms. The predicted octanol–water partition coefficient (Wildman–Crippen LogP) is 14.1. The number of benzene rings is 8. The first kappa shape index (κ1) is 30.0. The minimum Gasteiger partial charge on any atom is -0.316 e. The molecule has 0 aliphatic heterocycles. The first-order valence-corrected chi connectivity index (χ1v) is 18.9. The fourth-order valence-corrected chi connectivity index (χ4v) is 9.67. The van der Waals surface area contributed by atoms with Crippen LogP contribution in [0, 0.1) is 0 Å². The Bertz CT molecular complexity index is 3130. The fourth-order valence-electron chi connectivity index (χ4n) is 8.30. The van der Waals surface area contributed by atoms with Gasteiger partial charge in [0.2, 0.25) is 0 Å². The lowest BCUT2D eigenvalue weighted by Crippen LogP contribution is -1.94. The van der Waals surface area contributed by atoms with Crippen LogP contribution in [0.1, 0.15) is 0 Å². The summed E-state index contributed by atoms with van der Waals surface area (Å²) in [6.45, 7) is 0. The number of rotatable bonds is 5. The second-order valence-electron chi connectivity index (χ2n) is 13.7. The third-order valence-corrected chi connectivity index (χ3v) is 12.1. The Morgan fingerprint density at radius 3 is 1.62 bits per heavy atom. The van der Waals surface area contributed by atoms with E-state index in [1.54, 1.807) is 0 Å². The summed E-state index contributed by atoms with van der Waals surface area (Å²) in [6.07, 6.45) is 2.19. The van der Waals surface area contributed by atoms with Crippen molar-refractivity contribution in [1.29, 1.82) is 0 Å². The zero-order valence-corrected chi connectivity index (χ0v) is 29.6. The van der Waals surface area contributed by atoms with Gasteiger partial charge in [-0.1, -0.05) is 146 Å². The molecular formula is C50H32N2S. The van der Waals surface area contributed by atoms with Crippen molar-refractivity contribution in [3.8, 4) is 44.8 Å². The van der Waals surface area contributed by atoms with E-state index in [1.807, 2.05) is 11.3 Å². The standard InChI is InChI=1S/C50H32N2S/c1-3-11-33(12-4-1)34-21-23-35(24-22-34)40-16-9-18-42-43-19-10-17-41(50(43)53-49(40)42)36-25-28-39(29-26-36)52-45-20-8-7-15-44(45)47-46(52)30-27-37-31-32-51(48(37)47)38-13-5-2-6-14-38/h1-32H. The van der Waals surface area contributed by atoms with E-state index in [0.717, 1.165) is 5.69 Å². The van der Waals surface area contributed by atoms with Crippen LogP contribution in [-0.4, -0.2) is 9.13 Å². The topological polar surface area (TPSA) is 9.86 Å². The Kier molecular flexibility index (Phi) is 6.76. The molecule has 0 saturated heterocycles. The quantitative estimate of drug-likeness (QED) is 0.170. The molecule has 0 aliphatic rings. The summed E-state index contributed by atoms with van der Waals surface area (Å²) in [5.74, 6) is 0. The maximum Gasteiger partial charge on any atom is 0.0628 e. The maximum atomic E-state index is 2.42. The Morgan fingerprint density at radius 1 is 0.358 bits per heavy atom. The summed E-state index contributed by atoms with van der Waals surface area (Å²) in [4.78, 5) is 0. The van der Waals surface area contributed by atoms with Gasteiger partial charge in [-0.2, -0.15) is 0 Å². The van der Waals surface area contributed by atoms with Crippen LogP contribution >= 0.6 is 11.3 Å². The molecule has 0 aliphatic carbocycles. The Balaban J connectivity index is 1.02. The second kappa shape index (κ2) is 11.9. The lowest BCUT2D eigenvalue weighted by molar-refractivity contribution is 1.13. The predicted molar refractivity (Wildman–Crippen MR) is 227 cm³/mol. The van der Waals surface area contributed by atoms with Crippen LogP contribution in [0.5, 0.6) is 0 Å². The van der Waals surface area contributed by atoms with Gasteiger partial charge in [0.15, 0.2) is 0 Å². The number of thiophene rings is 1. The second-order valence-corrected chi connectivity index (χ2v) is 14.7. The summed E-state index contributed by atoms with van der Waals surface area (Å²) < 4.78 is 7.40. The number of nitrogens with zero attached hydrogens (tertiary/aromatic N) is 2. The molecular weight excluding hydrogens is 661 g/mol. The number of hydrogen-bond acceptors (Lipinski definition) is 1. The first-order valence-electron chi connectivity index (χ1n) is 18.1. The van der Waals surface area contributed by atoms with Gasteiger partial charge < -0.3 is 9.13 Å². The van der Waals surface area contributed by atoms with Crippen LogP contribution in [-0.2, 0) is 0 Å². The average Bonchev–Trinajstić information content (AvgIpc) is 3.94. The zero-order chi connectivity index (χ0) is 34.9. The number of hydrogen-bond donors (Lipinski definition) is 0. The van der Waals surface area contributed by atoms with E-state index in [4.69, 9.17) is 0 Å². The molecule has 0 radical (unpaired) electrons. The van der Waals surface area contributed by atoms with Crippen molar-refractivity contribution in [3.63, 3.8) is 0 Å². The van der Waals surface area contributed by atoms with Crippen LogP contribution in [0.15, 0.2) is 194 Å². The highest BCUT2D eigenvalue weighted by Crippen LogP contribution is 2.44. The van der Waals surface area contributed by atoms with Gasteiger partial charge in [0.1, 0.15) is 0 Å². The van der Waals surface area contributed by atoms with Gasteiger partial charge in [-0.3, -0.25) is 0 Å². The van der Waals surface area contributed by atoms with Crippen molar-refractivity contribution in [3.05, 3.63) is 194 Å². The molecule has 0 spiro atoms. The molecule has 3 heterocycles. The van der Waals surface area contributed by atoms with E-state index in [-0.39, 0.29) is 0 Å². The third-order valence-electron chi connectivity index (χ3n) is 10.8. The summed E-state index contributed by atoms with van der Waals surface area (Å²) >= 11 is 1.90. The molecule has 248 valence electrons. The third kappa shape index (κ3) is 4.71. The van der Waals surface area contributed by atoms with Crippen LogP contribution in [0.3, 0.4) is 0 Å². The Morgan fingerprint density at radius 2 is 0.925 bits per heavy atom. The SMILES string of the molecule is c1ccc(-c2ccc(-c3cccc4c3sc3c(-c5ccc(-n6c7ccccc7c7c8c(ccc76)ccn8-c6ccccc6)cc5)cccc34)cc2)cc1. The molecule has 11 rings (SSSR count). The van der Waals surface area contributed by atoms with Crippen molar-refractivity contribution < 1.29 is 0 Å². The van der Waals surface area contributed by atoms with Gasteiger partial charge in [0, 0.05) is 53.9 Å². The lowest BCUT2D eigenvalue weighted by atomic mass is 9.98. The Labute approximate surface area is 311 Å². The van der Waals surface area contributed by atoms with Crippen molar-refractivity contribution >= 4 is 64.2 Å². The molecule has 3 heteroatoms. The van der Waals surface area contributed by atoms with Crippen molar-refractivity contribution in [2.75, 3.05) is 0 Å². The van der Waals surface area contributed by atoms with E-state index < -0.39 is 0 Å². The molecule has 0 N–H and O–H groups in total. The number of fused-ring (bicyclic) bond motifs is 8. The first-order chi connectivity index (χ1) is 26.3. The molecule has 0 unspecified atom stereocenters. The zero-order valence-electron chi connectivity index (χ0n) is 28.8. The minimum absolute atomic E-state index is 1.15. The van der Waals surface area contributed by atoms with Crippen molar-refractivity contribution in [2.45, 2.75) is 0 Å². The van der Waals surface area contributed by atoms with E-state index in [1.165, 1.54) is 91.9 Å². The van der Waals surface area contributed by atoms with Crippen LogP contribution < -0.4 is 0 Å². The molecule has 0 fully saturated rings. The summed E-state index contributed by atoms with van der Waals surface area (Å²) in [7, 11) is 0. The summed E-state index contributed by atoms with van der Waals surface area (Å²) in [6, 6.07) is 68.5. The van der Waals surface area contributed by atoms with E-state index in [2.05, 4.69) is 203 Å². The number of para-hydroxylation sites is 2. The van der Waals surface area contributed by atoms with Crippen LogP contribution in [0.2, 0.25) is 0 Å². The molecule has 3 aromatic heterocycles. The average molecular weight is 693 g/mol. The van der Waals surface area contributed by atoms with Gasteiger partial charge in [0.25, 0.3) is 0 Å². The van der Waals surface area contributed by atoms with E-state index in [9.17, 15) is 0 Å².